The topological polar surface area (TPSA) is 81.6 Å². The molecule has 0 saturated carbocycles. The molecular weight excluding hydrogens is 423 g/mol. The molecule has 1 aliphatic rings. The van der Waals surface area contributed by atoms with Crippen LogP contribution in [-0.4, -0.2) is 27.9 Å². The molecule has 2 aromatic rings. The van der Waals surface area contributed by atoms with Gasteiger partial charge in [-0.3, -0.25) is 4.79 Å². The molecule has 10 heteroatoms. The van der Waals surface area contributed by atoms with E-state index < -0.39 is 53.1 Å². The van der Waals surface area contributed by atoms with Crippen LogP contribution in [0.4, 0.5) is 27.6 Å². The Hall–Kier alpha value is -3.14. The second kappa shape index (κ2) is 7.84. The lowest BCUT2D eigenvalue weighted by Crippen LogP contribution is -2.53. The quantitative estimate of drug-likeness (QED) is 0.397. The maximum absolute atomic E-state index is 14.1. The number of carbonyl (C=O) groups excluding carboxylic acids is 1. The molecule has 2 unspecified atom stereocenters. The van der Waals surface area contributed by atoms with Crippen molar-refractivity contribution in [3.05, 3.63) is 70.8 Å². The number of hydrogen-bond donors (Lipinski definition) is 4. The summed E-state index contributed by atoms with van der Waals surface area (Å²) in [6, 6.07) is 1.95. The first kappa shape index (κ1) is 22.5. The van der Waals surface area contributed by atoms with E-state index >= 15 is 0 Å². The molecule has 1 heterocycles. The Bertz CT molecular complexity index is 1050. The maximum Gasteiger partial charge on any atom is 0.419 e. The highest BCUT2D eigenvalue weighted by atomic mass is 19.4. The molecule has 0 aliphatic carbocycles. The van der Waals surface area contributed by atoms with Crippen LogP contribution in [0.2, 0.25) is 0 Å². The molecule has 0 bridgehead atoms. The Morgan fingerprint density at radius 2 is 1.90 bits per heavy atom. The molecule has 0 fully saturated rings. The molecule has 2 atom stereocenters. The Kier molecular flexibility index (Phi) is 5.70. The molecule has 0 radical (unpaired) electrons. The van der Waals surface area contributed by atoms with E-state index in [1.807, 2.05) is 0 Å². The minimum Gasteiger partial charge on any atom is -0.508 e. The number of aromatic hydroxyl groups is 1. The fourth-order valence-corrected chi connectivity index (χ4v) is 3.61. The average molecular weight is 442 g/mol. The number of phenols is 1. The van der Waals surface area contributed by atoms with Crippen molar-refractivity contribution in [2.75, 3.05) is 5.32 Å². The number of carbonyl (C=O) groups is 1. The van der Waals surface area contributed by atoms with Crippen molar-refractivity contribution in [3.8, 4) is 5.75 Å². The molecule has 0 saturated heterocycles. The molecule has 31 heavy (non-hydrogen) atoms. The second-order valence-corrected chi connectivity index (χ2v) is 7.50. The van der Waals surface area contributed by atoms with Crippen molar-refractivity contribution in [2.24, 2.45) is 0 Å². The molecule has 0 spiro atoms. The summed E-state index contributed by atoms with van der Waals surface area (Å²) in [5, 5.41) is 25.8. The van der Waals surface area contributed by atoms with Gasteiger partial charge in [-0.15, -0.1) is 6.58 Å². The Balaban J connectivity index is 2.23. The Morgan fingerprint density at radius 1 is 1.23 bits per heavy atom. The third-order valence-corrected chi connectivity index (χ3v) is 5.03. The maximum atomic E-state index is 14.1. The summed E-state index contributed by atoms with van der Waals surface area (Å²) >= 11 is 0. The number of amides is 1. The van der Waals surface area contributed by atoms with Crippen LogP contribution in [0.1, 0.15) is 40.9 Å². The SMILES string of the molecule is C=C(C)CC(O)(C(Nc1cc(F)cc2c1CNC2=O)c1cc(F)ccc1O)C(F)(F)F. The number of phenolic OH excluding ortho intramolecular Hbond substituents is 1. The van der Waals surface area contributed by atoms with Crippen LogP contribution in [0.25, 0.3) is 0 Å². The van der Waals surface area contributed by atoms with Crippen molar-refractivity contribution in [1.82, 2.24) is 5.32 Å². The average Bonchev–Trinajstić information content (AvgIpc) is 3.01. The number of rotatable bonds is 6. The molecule has 1 aliphatic heterocycles. The summed E-state index contributed by atoms with van der Waals surface area (Å²) in [6.07, 6.45) is -6.24. The van der Waals surface area contributed by atoms with Gasteiger partial charge in [-0.05, 0) is 37.3 Å². The van der Waals surface area contributed by atoms with Crippen LogP contribution in [0.3, 0.4) is 0 Å². The molecule has 1 amide bonds. The number of benzene rings is 2. The smallest absolute Gasteiger partial charge is 0.419 e. The summed E-state index contributed by atoms with van der Waals surface area (Å²) in [5.41, 5.74) is -4.32. The van der Waals surface area contributed by atoms with E-state index in [2.05, 4.69) is 17.2 Å². The van der Waals surface area contributed by atoms with Gasteiger partial charge in [0.2, 0.25) is 0 Å². The second-order valence-electron chi connectivity index (χ2n) is 7.50. The molecule has 2 aromatic carbocycles. The minimum absolute atomic E-state index is 0.0381. The first-order valence-corrected chi connectivity index (χ1v) is 9.12. The lowest BCUT2D eigenvalue weighted by atomic mass is 9.82. The Labute approximate surface area is 174 Å². The van der Waals surface area contributed by atoms with Crippen molar-refractivity contribution in [1.29, 1.82) is 0 Å². The number of anilines is 1. The highest BCUT2D eigenvalue weighted by Crippen LogP contribution is 2.48. The van der Waals surface area contributed by atoms with E-state index in [-0.39, 0.29) is 28.9 Å². The predicted octanol–water partition coefficient (Wildman–Crippen LogP) is 4.33. The zero-order valence-corrected chi connectivity index (χ0v) is 16.3. The Morgan fingerprint density at radius 3 is 2.52 bits per heavy atom. The molecule has 4 N–H and O–H groups in total. The van der Waals surface area contributed by atoms with Gasteiger partial charge in [0.05, 0.1) is 6.04 Å². The lowest BCUT2D eigenvalue weighted by Gasteiger charge is -2.39. The van der Waals surface area contributed by atoms with E-state index in [4.69, 9.17) is 0 Å². The monoisotopic (exact) mass is 442 g/mol. The third kappa shape index (κ3) is 4.20. The van der Waals surface area contributed by atoms with Gasteiger partial charge in [0, 0.05) is 35.3 Å². The van der Waals surface area contributed by atoms with E-state index in [0.29, 0.717) is 6.07 Å². The number of halogens is 5. The van der Waals surface area contributed by atoms with Gasteiger partial charge < -0.3 is 20.8 Å². The van der Waals surface area contributed by atoms with Gasteiger partial charge >= 0.3 is 6.18 Å². The zero-order chi connectivity index (χ0) is 23.1. The fraction of sp³-hybridized carbons (Fsp3) is 0.286. The molecule has 5 nitrogen and oxygen atoms in total. The van der Waals surface area contributed by atoms with Gasteiger partial charge in [-0.2, -0.15) is 13.2 Å². The summed E-state index contributed by atoms with van der Waals surface area (Å²) in [7, 11) is 0. The summed E-state index contributed by atoms with van der Waals surface area (Å²) in [5.74, 6) is -3.20. The number of nitrogens with one attached hydrogen (secondary N) is 2. The summed E-state index contributed by atoms with van der Waals surface area (Å²) in [6.45, 7) is 4.59. The van der Waals surface area contributed by atoms with Crippen molar-refractivity contribution >= 4 is 11.6 Å². The number of aliphatic hydroxyl groups is 1. The van der Waals surface area contributed by atoms with Gasteiger partial charge in [-0.25, -0.2) is 8.78 Å². The first-order chi connectivity index (χ1) is 14.3. The van der Waals surface area contributed by atoms with Crippen molar-refractivity contribution < 1.29 is 37.0 Å². The predicted molar refractivity (Wildman–Crippen MR) is 102 cm³/mol. The van der Waals surface area contributed by atoms with Crippen LogP contribution in [0.15, 0.2) is 42.5 Å². The number of alkyl halides is 3. The number of hydrogen-bond acceptors (Lipinski definition) is 4. The normalized spacial score (nSPS) is 16.3. The molecule has 0 aromatic heterocycles. The molecular formula is C21H19F5N2O3. The van der Waals surface area contributed by atoms with E-state index in [1.165, 1.54) is 6.92 Å². The first-order valence-electron chi connectivity index (χ1n) is 9.12. The molecule has 3 rings (SSSR count). The van der Waals surface area contributed by atoms with Crippen LogP contribution >= 0.6 is 0 Å². The highest BCUT2D eigenvalue weighted by molar-refractivity contribution is 6.00. The minimum atomic E-state index is -5.26. The summed E-state index contributed by atoms with van der Waals surface area (Å²) < 4.78 is 70.3. The highest BCUT2D eigenvalue weighted by Gasteiger charge is 2.59. The molecule has 166 valence electrons. The fourth-order valence-electron chi connectivity index (χ4n) is 3.61. The third-order valence-electron chi connectivity index (χ3n) is 5.03. The van der Waals surface area contributed by atoms with Crippen molar-refractivity contribution in [2.45, 2.75) is 37.7 Å². The summed E-state index contributed by atoms with van der Waals surface area (Å²) in [4.78, 5) is 11.9. The van der Waals surface area contributed by atoms with E-state index in [1.54, 1.807) is 0 Å². The van der Waals surface area contributed by atoms with Crippen LogP contribution in [0, 0.1) is 11.6 Å². The van der Waals surface area contributed by atoms with Crippen LogP contribution < -0.4 is 10.6 Å². The zero-order valence-electron chi connectivity index (χ0n) is 16.3. The number of fused-ring (bicyclic) bond motifs is 1. The standard InChI is InChI=1S/C21H19F5N2O3/c1-10(2)8-20(31,21(24,25)26)18(14-5-11(22)3-4-17(14)29)28-16-7-12(23)6-13-15(16)9-27-19(13)30/h3-7,18,28-29,31H,1,8-9H2,2H3,(H,27,30). The lowest BCUT2D eigenvalue weighted by molar-refractivity contribution is -0.266. The van der Waals surface area contributed by atoms with Crippen LogP contribution in [0.5, 0.6) is 5.75 Å². The van der Waals surface area contributed by atoms with Crippen molar-refractivity contribution in [3.63, 3.8) is 0 Å². The van der Waals surface area contributed by atoms with Gasteiger partial charge in [0.15, 0.2) is 5.60 Å². The van der Waals surface area contributed by atoms with Gasteiger partial charge in [-0.1, -0.05) is 5.57 Å². The van der Waals surface area contributed by atoms with E-state index in [9.17, 15) is 37.0 Å². The largest absolute Gasteiger partial charge is 0.508 e. The van der Waals surface area contributed by atoms with Gasteiger partial charge in [0.1, 0.15) is 17.4 Å². The van der Waals surface area contributed by atoms with E-state index in [0.717, 1.165) is 24.3 Å². The van der Waals surface area contributed by atoms with Gasteiger partial charge in [0.25, 0.3) is 5.91 Å². The van der Waals surface area contributed by atoms with Crippen LogP contribution in [-0.2, 0) is 6.54 Å².